The van der Waals surface area contributed by atoms with E-state index in [1.54, 1.807) is 18.2 Å². The molecule has 6 heteroatoms. The van der Waals surface area contributed by atoms with E-state index in [4.69, 9.17) is 9.47 Å². The Balaban J connectivity index is 1.68. The summed E-state index contributed by atoms with van der Waals surface area (Å²) in [5.41, 5.74) is 2.06. The quantitative estimate of drug-likeness (QED) is 0.743. The molecule has 0 radical (unpaired) electrons. The fraction of sp³-hybridized carbons (Fsp3) is 0.111. The zero-order chi connectivity index (χ0) is 16.5. The van der Waals surface area contributed by atoms with Gasteiger partial charge < -0.3 is 9.47 Å². The lowest BCUT2D eigenvalue weighted by atomic mass is 10.1. The molecule has 5 nitrogen and oxygen atoms in total. The van der Waals surface area contributed by atoms with E-state index in [0.29, 0.717) is 17.2 Å². The minimum absolute atomic E-state index is 0.205. The van der Waals surface area contributed by atoms with Crippen LogP contribution in [0.3, 0.4) is 0 Å². The monoisotopic (exact) mass is 324 g/mol. The Labute approximate surface area is 136 Å². The molecule has 0 unspecified atom stereocenters. The second kappa shape index (κ2) is 5.81. The molecular weight excluding hydrogens is 311 g/mol. The van der Waals surface area contributed by atoms with E-state index in [9.17, 15) is 9.18 Å². The van der Waals surface area contributed by atoms with E-state index < -0.39 is 0 Å². The Morgan fingerprint density at radius 2 is 1.79 bits per heavy atom. The SMILES string of the molecule is O=c1ccc(-c2ccc3c(c2)OCO3)nn1Cc1ccc(F)cc1. The fourth-order valence-electron chi connectivity index (χ4n) is 2.53. The van der Waals surface area contributed by atoms with Crippen LogP contribution in [0.25, 0.3) is 11.3 Å². The molecular formula is C18H13FN2O3. The molecule has 0 saturated carbocycles. The molecule has 120 valence electrons. The molecule has 0 bridgehead atoms. The number of aromatic nitrogens is 2. The van der Waals surface area contributed by atoms with Crippen LogP contribution in [0, 0.1) is 5.82 Å². The molecule has 3 aromatic rings. The second-order valence-corrected chi connectivity index (χ2v) is 5.41. The number of nitrogens with zero attached hydrogens (tertiary/aromatic N) is 2. The molecule has 0 saturated heterocycles. The third-order valence-electron chi connectivity index (χ3n) is 3.78. The van der Waals surface area contributed by atoms with Crippen molar-refractivity contribution in [1.82, 2.24) is 9.78 Å². The number of rotatable bonds is 3. The van der Waals surface area contributed by atoms with Gasteiger partial charge in [-0.2, -0.15) is 5.10 Å². The van der Waals surface area contributed by atoms with Crippen LogP contribution < -0.4 is 15.0 Å². The molecule has 2 heterocycles. The maximum atomic E-state index is 13.0. The van der Waals surface area contributed by atoms with Crippen molar-refractivity contribution >= 4 is 0 Å². The van der Waals surface area contributed by atoms with Crippen molar-refractivity contribution in [2.24, 2.45) is 0 Å². The van der Waals surface area contributed by atoms with E-state index in [1.807, 2.05) is 18.2 Å². The maximum absolute atomic E-state index is 13.0. The molecule has 24 heavy (non-hydrogen) atoms. The summed E-state index contributed by atoms with van der Waals surface area (Å²) < 4.78 is 25.0. The predicted molar refractivity (Wildman–Crippen MR) is 85.6 cm³/mol. The van der Waals surface area contributed by atoms with Gasteiger partial charge in [-0.1, -0.05) is 12.1 Å². The summed E-state index contributed by atoms with van der Waals surface area (Å²) >= 11 is 0. The number of benzene rings is 2. The van der Waals surface area contributed by atoms with Gasteiger partial charge in [-0.3, -0.25) is 4.79 Å². The van der Waals surface area contributed by atoms with E-state index in [0.717, 1.165) is 11.1 Å². The van der Waals surface area contributed by atoms with Crippen molar-refractivity contribution in [3.8, 4) is 22.8 Å². The standard InChI is InChI=1S/C18H13FN2O3/c19-14-4-1-12(2-5-14)10-21-18(22)8-6-15(20-21)13-3-7-16-17(9-13)24-11-23-16/h1-9H,10-11H2. The lowest BCUT2D eigenvalue weighted by Crippen LogP contribution is -2.22. The Hall–Kier alpha value is -3.15. The Bertz CT molecular complexity index is 951. The van der Waals surface area contributed by atoms with Crippen LogP contribution in [0.1, 0.15) is 5.56 Å². The smallest absolute Gasteiger partial charge is 0.267 e. The first-order valence-electron chi connectivity index (χ1n) is 7.42. The average Bonchev–Trinajstić information content (AvgIpc) is 3.06. The molecule has 0 spiro atoms. The van der Waals surface area contributed by atoms with Crippen LogP contribution in [-0.4, -0.2) is 16.6 Å². The van der Waals surface area contributed by atoms with Crippen molar-refractivity contribution in [2.75, 3.05) is 6.79 Å². The third-order valence-corrected chi connectivity index (χ3v) is 3.78. The highest BCUT2D eigenvalue weighted by Crippen LogP contribution is 2.35. The van der Waals surface area contributed by atoms with Crippen LogP contribution in [0.5, 0.6) is 11.5 Å². The van der Waals surface area contributed by atoms with Crippen molar-refractivity contribution in [2.45, 2.75) is 6.54 Å². The van der Waals surface area contributed by atoms with E-state index in [1.165, 1.54) is 22.9 Å². The molecule has 1 aromatic heterocycles. The van der Waals surface area contributed by atoms with Gasteiger partial charge in [0, 0.05) is 11.6 Å². The molecule has 0 aliphatic carbocycles. The third kappa shape index (κ3) is 2.74. The van der Waals surface area contributed by atoms with Crippen molar-refractivity contribution in [3.05, 3.63) is 76.3 Å². The van der Waals surface area contributed by atoms with Gasteiger partial charge in [0.15, 0.2) is 11.5 Å². The number of hydrogen-bond donors (Lipinski definition) is 0. The van der Waals surface area contributed by atoms with Gasteiger partial charge in [0.2, 0.25) is 6.79 Å². The number of halogens is 1. The molecule has 0 atom stereocenters. The average molecular weight is 324 g/mol. The zero-order valence-electron chi connectivity index (χ0n) is 12.6. The van der Waals surface area contributed by atoms with E-state index in [2.05, 4.69) is 5.10 Å². The second-order valence-electron chi connectivity index (χ2n) is 5.41. The fourth-order valence-corrected chi connectivity index (χ4v) is 2.53. The van der Waals surface area contributed by atoms with Crippen LogP contribution in [0.2, 0.25) is 0 Å². The maximum Gasteiger partial charge on any atom is 0.267 e. The largest absolute Gasteiger partial charge is 0.454 e. The van der Waals surface area contributed by atoms with Crippen molar-refractivity contribution in [3.63, 3.8) is 0 Å². The number of fused-ring (bicyclic) bond motifs is 1. The van der Waals surface area contributed by atoms with Gasteiger partial charge in [-0.15, -0.1) is 0 Å². The summed E-state index contributed by atoms with van der Waals surface area (Å²) in [6.07, 6.45) is 0. The summed E-state index contributed by atoms with van der Waals surface area (Å²) in [4.78, 5) is 12.0. The van der Waals surface area contributed by atoms with Gasteiger partial charge in [-0.25, -0.2) is 9.07 Å². The minimum atomic E-state index is -0.312. The molecule has 0 N–H and O–H groups in total. The van der Waals surface area contributed by atoms with Gasteiger partial charge in [0.05, 0.1) is 12.2 Å². The highest BCUT2D eigenvalue weighted by atomic mass is 19.1. The van der Waals surface area contributed by atoms with Crippen molar-refractivity contribution in [1.29, 1.82) is 0 Å². The first kappa shape index (κ1) is 14.4. The molecule has 2 aromatic carbocycles. The van der Waals surface area contributed by atoms with Gasteiger partial charge in [0.25, 0.3) is 5.56 Å². The summed E-state index contributed by atoms with van der Waals surface area (Å²) in [5, 5.41) is 4.40. The molecule has 0 fully saturated rings. The Kier molecular flexibility index (Phi) is 3.49. The van der Waals surface area contributed by atoms with Crippen LogP contribution in [0.15, 0.2) is 59.4 Å². The summed E-state index contributed by atoms with van der Waals surface area (Å²) in [6, 6.07) is 14.6. The van der Waals surface area contributed by atoms with Gasteiger partial charge >= 0.3 is 0 Å². The van der Waals surface area contributed by atoms with Crippen LogP contribution >= 0.6 is 0 Å². The first-order chi connectivity index (χ1) is 11.7. The normalized spacial score (nSPS) is 12.4. The van der Waals surface area contributed by atoms with Gasteiger partial charge in [0.1, 0.15) is 5.82 Å². The topological polar surface area (TPSA) is 53.4 Å². The van der Waals surface area contributed by atoms with Crippen LogP contribution in [0.4, 0.5) is 4.39 Å². The molecule has 1 aliphatic heterocycles. The summed E-state index contributed by atoms with van der Waals surface area (Å²) in [7, 11) is 0. The highest BCUT2D eigenvalue weighted by molar-refractivity contribution is 5.63. The zero-order valence-corrected chi connectivity index (χ0v) is 12.6. The molecule has 1 aliphatic rings. The lowest BCUT2D eigenvalue weighted by molar-refractivity contribution is 0.174. The highest BCUT2D eigenvalue weighted by Gasteiger charge is 2.14. The molecule has 4 rings (SSSR count). The number of ether oxygens (including phenoxy) is 2. The summed E-state index contributed by atoms with van der Waals surface area (Å²) in [5.74, 6) is 1.04. The van der Waals surface area contributed by atoms with E-state index in [-0.39, 0.29) is 24.7 Å². The number of hydrogen-bond acceptors (Lipinski definition) is 4. The van der Waals surface area contributed by atoms with Crippen LogP contribution in [-0.2, 0) is 6.54 Å². The van der Waals surface area contributed by atoms with Gasteiger partial charge in [-0.05, 0) is 42.0 Å². The Morgan fingerprint density at radius 1 is 1.00 bits per heavy atom. The van der Waals surface area contributed by atoms with E-state index >= 15 is 0 Å². The minimum Gasteiger partial charge on any atom is -0.454 e. The Morgan fingerprint density at radius 3 is 2.62 bits per heavy atom. The van der Waals surface area contributed by atoms with Crippen molar-refractivity contribution < 1.29 is 13.9 Å². The first-order valence-corrected chi connectivity index (χ1v) is 7.42. The summed E-state index contributed by atoms with van der Waals surface area (Å²) in [6.45, 7) is 0.480. The molecule has 0 amide bonds. The lowest BCUT2D eigenvalue weighted by Gasteiger charge is -2.08. The predicted octanol–water partition coefficient (Wildman–Crippen LogP) is 2.83.